The smallest absolute Gasteiger partial charge is 0.410 e. The number of carbonyl (C=O) groups is 1. The van der Waals surface area contributed by atoms with Gasteiger partial charge in [-0.1, -0.05) is 125 Å². The van der Waals surface area contributed by atoms with Crippen LogP contribution in [0, 0.1) is 5.92 Å². The molecule has 53 heavy (non-hydrogen) atoms. The molecule has 0 bridgehead atoms. The number of carbonyl (C=O) groups excluding carboxylic acids is 1. The van der Waals surface area contributed by atoms with E-state index in [0.29, 0.717) is 19.1 Å². The monoisotopic (exact) mass is 725 g/mol. The Morgan fingerprint density at radius 3 is 1.51 bits per heavy atom. The van der Waals surface area contributed by atoms with E-state index in [4.69, 9.17) is 14.2 Å². The lowest BCUT2D eigenvalue weighted by molar-refractivity contribution is 0.00451. The summed E-state index contributed by atoms with van der Waals surface area (Å²) in [7, 11) is 0. The van der Waals surface area contributed by atoms with Crippen molar-refractivity contribution in [3.63, 3.8) is 0 Å². The van der Waals surface area contributed by atoms with E-state index in [-0.39, 0.29) is 18.7 Å². The number of rotatable bonds is 18. The summed E-state index contributed by atoms with van der Waals surface area (Å²) in [5.41, 5.74) is 3.38. The summed E-state index contributed by atoms with van der Waals surface area (Å²) in [5.74, 6) is 2.26. The SMILES string of the molecule is CCC[C@@H](C)CC[C@H](O)c1ccc(OCc2ccccc2)cc1.CCC[C@@H](C)N(C[C@H](O)c1ccc(OCc2ccccc2)cc1)C(=O)OC(C)(C)C. The summed E-state index contributed by atoms with van der Waals surface area (Å²) in [6.07, 6.45) is 4.56. The van der Waals surface area contributed by atoms with Crippen LogP contribution in [-0.4, -0.2) is 39.4 Å². The lowest BCUT2D eigenvalue weighted by Gasteiger charge is -2.33. The highest BCUT2D eigenvalue weighted by Gasteiger charge is 2.28. The van der Waals surface area contributed by atoms with Crippen molar-refractivity contribution in [3.05, 3.63) is 131 Å². The fraction of sp³-hybridized carbons (Fsp3) is 0.457. The van der Waals surface area contributed by atoms with Crippen molar-refractivity contribution < 1.29 is 29.2 Å². The first-order valence-corrected chi connectivity index (χ1v) is 19.3. The number of hydrogen-bond acceptors (Lipinski definition) is 6. The topological polar surface area (TPSA) is 88.5 Å². The van der Waals surface area contributed by atoms with Gasteiger partial charge in [0.1, 0.15) is 30.3 Å². The summed E-state index contributed by atoms with van der Waals surface area (Å²) in [6.45, 7) is 15.3. The molecular weight excluding hydrogens is 663 g/mol. The quantitative estimate of drug-likeness (QED) is 0.106. The molecule has 4 atom stereocenters. The van der Waals surface area contributed by atoms with E-state index in [0.717, 1.165) is 59.4 Å². The van der Waals surface area contributed by atoms with Crippen LogP contribution < -0.4 is 9.47 Å². The second-order valence-corrected chi connectivity index (χ2v) is 15.0. The maximum Gasteiger partial charge on any atom is 0.410 e. The molecule has 7 nitrogen and oxygen atoms in total. The van der Waals surface area contributed by atoms with Crippen molar-refractivity contribution in [2.45, 2.75) is 124 Å². The van der Waals surface area contributed by atoms with Crippen LogP contribution in [0.3, 0.4) is 0 Å². The van der Waals surface area contributed by atoms with Crippen LogP contribution in [0.25, 0.3) is 0 Å². The standard InChI is InChI=1S/C25H35NO4.C21H28O2/c1-6-10-19(2)26(24(28)30-25(3,4)5)17-23(27)21-13-15-22(16-14-21)29-18-20-11-8-7-9-12-20;1-3-7-17(2)10-15-21(22)19-11-13-20(14-12-19)23-16-18-8-5-4-6-9-18/h7-9,11-16,19,23,27H,6,10,17-18H2,1-5H3;4-6,8-9,11-14,17,21-22H,3,7,10,15-16H2,1-2H3/t19-,23+;17-,21+/m11/s1. The van der Waals surface area contributed by atoms with E-state index in [2.05, 4.69) is 32.9 Å². The summed E-state index contributed by atoms with van der Waals surface area (Å²) in [5, 5.41) is 21.1. The molecule has 0 spiro atoms. The molecule has 0 aliphatic heterocycles. The fourth-order valence-electron chi connectivity index (χ4n) is 5.92. The number of ether oxygens (including phenoxy) is 3. The molecule has 0 saturated heterocycles. The third-order valence-corrected chi connectivity index (χ3v) is 8.98. The Balaban J connectivity index is 0.000000295. The second kappa shape index (κ2) is 22.7. The Labute approximate surface area is 318 Å². The normalized spacial score (nSPS) is 13.5. The van der Waals surface area contributed by atoms with Crippen molar-refractivity contribution >= 4 is 6.09 Å². The van der Waals surface area contributed by atoms with Crippen molar-refractivity contribution in [1.29, 1.82) is 0 Å². The molecule has 0 unspecified atom stereocenters. The zero-order valence-electron chi connectivity index (χ0n) is 33.0. The van der Waals surface area contributed by atoms with Gasteiger partial charge in [-0.2, -0.15) is 0 Å². The predicted octanol–water partition coefficient (Wildman–Crippen LogP) is 11.2. The van der Waals surface area contributed by atoms with E-state index in [1.54, 1.807) is 4.90 Å². The van der Waals surface area contributed by atoms with Crippen LogP contribution in [0.5, 0.6) is 11.5 Å². The van der Waals surface area contributed by atoms with Crippen LogP contribution in [0.4, 0.5) is 4.79 Å². The zero-order valence-corrected chi connectivity index (χ0v) is 33.0. The molecule has 4 rings (SSSR count). The van der Waals surface area contributed by atoms with Gasteiger partial charge in [0, 0.05) is 6.04 Å². The van der Waals surface area contributed by atoms with Gasteiger partial charge in [-0.25, -0.2) is 4.79 Å². The highest BCUT2D eigenvalue weighted by atomic mass is 16.6. The number of aliphatic hydroxyl groups is 2. The molecule has 1 amide bonds. The van der Waals surface area contributed by atoms with Gasteiger partial charge in [0.05, 0.1) is 18.8 Å². The Kier molecular flexibility index (Phi) is 18.4. The number of amides is 1. The Morgan fingerprint density at radius 2 is 1.08 bits per heavy atom. The minimum atomic E-state index is -0.806. The van der Waals surface area contributed by atoms with Crippen LogP contribution in [0.2, 0.25) is 0 Å². The average Bonchev–Trinajstić information content (AvgIpc) is 3.15. The third-order valence-electron chi connectivity index (χ3n) is 8.98. The van der Waals surface area contributed by atoms with Gasteiger partial charge >= 0.3 is 6.09 Å². The van der Waals surface area contributed by atoms with Gasteiger partial charge in [-0.3, -0.25) is 0 Å². The molecule has 0 saturated carbocycles. The lowest BCUT2D eigenvalue weighted by atomic mass is 9.96. The van der Waals surface area contributed by atoms with E-state index >= 15 is 0 Å². The predicted molar refractivity (Wildman–Crippen MR) is 215 cm³/mol. The number of hydrogen-bond donors (Lipinski definition) is 2. The number of nitrogens with zero attached hydrogens (tertiary/aromatic N) is 1. The van der Waals surface area contributed by atoms with Gasteiger partial charge in [-0.15, -0.1) is 0 Å². The highest BCUT2D eigenvalue weighted by Crippen LogP contribution is 2.26. The molecule has 2 N–H and O–H groups in total. The molecule has 0 aliphatic rings. The number of benzene rings is 4. The van der Waals surface area contributed by atoms with Gasteiger partial charge in [-0.05, 0) is 99.4 Å². The van der Waals surface area contributed by atoms with Gasteiger partial charge in [0.2, 0.25) is 0 Å². The molecule has 7 heteroatoms. The zero-order chi connectivity index (χ0) is 38.6. The highest BCUT2D eigenvalue weighted by molar-refractivity contribution is 5.68. The van der Waals surface area contributed by atoms with Crippen molar-refractivity contribution in [3.8, 4) is 11.5 Å². The fourth-order valence-corrected chi connectivity index (χ4v) is 5.92. The van der Waals surface area contributed by atoms with E-state index < -0.39 is 17.8 Å². The first-order chi connectivity index (χ1) is 25.4. The van der Waals surface area contributed by atoms with Crippen LogP contribution in [-0.2, 0) is 18.0 Å². The van der Waals surface area contributed by atoms with Crippen LogP contribution >= 0.6 is 0 Å². The molecular formula is C46H63NO6. The first kappa shape index (κ1) is 43.1. The van der Waals surface area contributed by atoms with Crippen LogP contribution in [0.1, 0.15) is 121 Å². The maximum atomic E-state index is 12.7. The Bertz CT molecular complexity index is 1550. The summed E-state index contributed by atoms with van der Waals surface area (Å²) in [6, 6.07) is 35.2. The van der Waals surface area contributed by atoms with Gasteiger partial charge < -0.3 is 29.3 Å². The molecule has 4 aromatic carbocycles. The third kappa shape index (κ3) is 16.5. The van der Waals surface area contributed by atoms with Gasteiger partial charge in [0.25, 0.3) is 0 Å². The van der Waals surface area contributed by atoms with Crippen LogP contribution in [0.15, 0.2) is 109 Å². The minimum absolute atomic E-state index is 0.0204. The summed E-state index contributed by atoms with van der Waals surface area (Å²) >= 11 is 0. The summed E-state index contributed by atoms with van der Waals surface area (Å²) in [4.78, 5) is 14.3. The number of aliphatic hydroxyl groups excluding tert-OH is 2. The van der Waals surface area contributed by atoms with Crippen molar-refractivity contribution in [2.75, 3.05) is 6.54 Å². The molecule has 288 valence electrons. The average molecular weight is 726 g/mol. The van der Waals surface area contributed by atoms with Crippen molar-refractivity contribution in [2.24, 2.45) is 5.92 Å². The van der Waals surface area contributed by atoms with Crippen molar-refractivity contribution in [1.82, 2.24) is 4.90 Å². The Hall–Kier alpha value is -4.33. The molecule has 0 aromatic heterocycles. The molecule has 0 aliphatic carbocycles. The molecule has 0 heterocycles. The van der Waals surface area contributed by atoms with Gasteiger partial charge in [0.15, 0.2) is 0 Å². The largest absolute Gasteiger partial charge is 0.489 e. The van der Waals surface area contributed by atoms with E-state index in [9.17, 15) is 15.0 Å². The molecule has 0 fully saturated rings. The first-order valence-electron chi connectivity index (χ1n) is 19.3. The molecule has 4 aromatic rings. The Morgan fingerprint density at radius 1 is 0.623 bits per heavy atom. The second-order valence-electron chi connectivity index (χ2n) is 15.0. The van der Waals surface area contributed by atoms with E-state index in [1.165, 1.54) is 12.8 Å². The van der Waals surface area contributed by atoms with E-state index in [1.807, 2.05) is 125 Å². The lowest BCUT2D eigenvalue weighted by Crippen LogP contribution is -2.44. The maximum absolute atomic E-state index is 12.7. The summed E-state index contributed by atoms with van der Waals surface area (Å²) < 4.78 is 17.1. The minimum Gasteiger partial charge on any atom is -0.489 e. The molecule has 0 radical (unpaired) electrons.